The van der Waals surface area contributed by atoms with Crippen LogP contribution in [0.15, 0.2) is 0 Å². The summed E-state index contributed by atoms with van der Waals surface area (Å²) in [5.41, 5.74) is -2.52. The van der Waals surface area contributed by atoms with Crippen LogP contribution in [-0.4, -0.2) is 37.4 Å². The largest absolute Gasteiger partial charge is 0.504 e. The van der Waals surface area contributed by atoms with E-state index in [2.05, 4.69) is 5.32 Å². The van der Waals surface area contributed by atoms with Crippen LogP contribution in [0.2, 0.25) is 0 Å². The second kappa shape index (κ2) is 4.80. The first-order valence-corrected chi connectivity index (χ1v) is 5.53. The molecule has 1 rings (SSSR count). The molecule has 1 aromatic carbocycles. The van der Waals surface area contributed by atoms with Gasteiger partial charge in [-0.2, -0.15) is 0 Å². The van der Waals surface area contributed by atoms with Crippen molar-refractivity contribution in [2.75, 3.05) is 5.32 Å². The van der Waals surface area contributed by atoms with Crippen LogP contribution in [-0.2, 0) is 4.79 Å². The van der Waals surface area contributed by atoms with Crippen molar-refractivity contribution in [3.05, 3.63) is 5.56 Å². The van der Waals surface area contributed by atoms with Crippen LogP contribution in [0.3, 0.4) is 0 Å². The van der Waals surface area contributed by atoms with E-state index in [9.17, 15) is 30.0 Å². The molecule has 0 fully saturated rings. The maximum absolute atomic E-state index is 11.8. The van der Waals surface area contributed by atoms with Crippen molar-refractivity contribution in [2.45, 2.75) is 20.8 Å². The van der Waals surface area contributed by atoms with Gasteiger partial charge in [0.2, 0.25) is 17.4 Å². The predicted octanol–water partition coefficient (Wildman–Crippen LogP) is 1.19. The molecule has 0 aliphatic carbocycles. The van der Waals surface area contributed by atoms with Crippen molar-refractivity contribution in [3.8, 4) is 23.0 Å². The molecule has 0 atom stereocenters. The van der Waals surface area contributed by atoms with Crippen molar-refractivity contribution in [3.63, 3.8) is 0 Å². The number of nitrogens with one attached hydrogen (secondary N) is 1. The molecule has 1 aromatic rings. The zero-order valence-electron chi connectivity index (χ0n) is 11.1. The molecular formula is C12H15NO7. The third-order valence-electron chi connectivity index (χ3n) is 2.53. The van der Waals surface area contributed by atoms with Gasteiger partial charge in [-0.05, 0) is 0 Å². The molecule has 0 heterocycles. The number of phenols is 4. The van der Waals surface area contributed by atoms with Crippen LogP contribution in [0, 0.1) is 5.41 Å². The molecule has 8 heteroatoms. The van der Waals surface area contributed by atoms with Crippen LogP contribution in [0.4, 0.5) is 5.69 Å². The summed E-state index contributed by atoms with van der Waals surface area (Å²) in [6.07, 6.45) is 0. The number of phenolic OH excluding ortho intramolecular Hbond substituents is 3. The molecule has 0 aromatic heterocycles. The monoisotopic (exact) mass is 285 g/mol. The van der Waals surface area contributed by atoms with E-state index in [0.29, 0.717) is 0 Å². The molecule has 0 aliphatic rings. The van der Waals surface area contributed by atoms with Crippen molar-refractivity contribution in [1.82, 2.24) is 0 Å². The third kappa shape index (κ3) is 2.53. The van der Waals surface area contributed by atoms with E-state index in [1.165, 1.54) is 0 Å². The number of amides is 1. The van der Waals surface area contributed by atoms with Gasteiger partial charge in [0.25, 0.3) is 0 Å². The zero-order valence-corrected chi connectivity index (χ0v) is 11.1. The Bertz CT molecular complexity index is 587. The minimum atomic E-state index is -1.70. The van der Waals surface area contributed by atoms with Gasteiger partial charge in [-0.25, -0.2) is 4.79 Å². The van der Waals surface area contributed by atoms with E-state index < -0.39 is 51.5 Å². The number of carbonyl (C=O) groups is 2. The van der Waals surface area contributed by atoms with Crippen molar-refractivity contribution in [2.24, 2.45) is 5.41 Å². The first kappa shape index (κ1) is 15.4. The average molecular weight is 285 g/mol. The summed E-state index contributed by atoms with van der Waals surface area (Å²) in [5.74, 6) is -6.87. The number of aromatic hydroxyl groups is 4. The Hall–Kier alpha value is -2.64. The predicted molar refractivity (Wildman–Crippen MR) is 68.1 cm³/mol. The van der Waals surface area contributed by atoms with E-state index in [0.717, 1.165) is 0 Å². The summed E-state index contributed by atoms with van der Waals surface area (Å²) in [6, 6.07) is 0. The summed E-state index contributed by atoms with van der Waals surface area (Å²) in [5, 5.41) is 48.9. The molecule has 110 valence electrons. The second-order valence-electron chi connectivity index (χ2n) is 5.15. The van der Waals surface area contributed by atoms with Crippen molar-refractivity contribution < 1.29 is 35.1 Å². The minimum absolute atomic E-state index is 0.653. The summed E-state index contributed by atoms with van der Waals surface area (Å²) < 4.78 is 0. The van der Waals surface area contributed by atoms with Gasteiger partial charge >= 0.3 is 5.97 Å². The Morgan fingerprint density at radius 2 is 1.35 bits per heavy atom. The van der Waals surface area contributed by atoms with E-state index in [1.807, 2.05) is 0 Å². The molecule has 0 aliphatic heterocycles. The summed E-state index contributed by atoms with van der Waals surface area (Å²) >= 11 is 0. The summed E-state index contributed by atoms with van der Waals surface area (Å²) in [6.45, 7) is 4.62. The lowest BCUT2D eigenvalue weighted by molar-refractivity contribution is -0.123. The first-order valence-electron chi connectivity index (χ1n) is 5.53. The topological polar surface area (TPSA) is 147 Å². The van der Waals surface area contributed by atoms with Gasteiger partial charge in [0.1, 0.15) is 11.3 Å². The molecule has 0 saturated carbocycles. The Balaban J connectivity index is 3.53. The van der Waals surface area contributed by atoms with Gasteiger partial charge in [-0.1, -0.05) is 20.8 Å². The number of hydrogen-bond acceptors (Lipinski definition) is 6. The van der Waals surface area contributed by atoms with Gasteiger partial charge < -0.3 is 30.8 Å². The van der Waals surface area contributed by atoms with E-state index >= 15 is 0 Å². The normalized spacial score (nSPS) is 11.2. The molecule has 1 amide bonds. The molecule has 20 heavy (non-hydrogen) atoms. The minimum Gasteiger partial charge on any atom is -0.504 e. The highest BCUT2D eigenvalue weighted by Gasteiger charge is 2.31. The maximum Gasteiger partial charge on any atom is 0.341 e. The smallest absolute Gasteiger partial charge is 0.341 e. The highest BCUT2D eigenvalue weighted by atomic mass is 16.4. The van der Waals surface area contributed by atoms with Crippen LogP contribution in [0.1, 0.15) is 31.1 Å². The Kier molecular flexibility index (Phi) is 3.70. The maximum atomic E-state index is 11.8. The Morgan fingerprint density at radius 3 is 1.75 bits per heavy atom. The number of hydrogen-bond donors (Lipinski definition) is 6. The van der Waals surface area contributed by atoms with Gasteiger partial charge in [0, 0.05) is 5.41 Å². The Labute approximate surface area is 113 Å². The molecular weight excluding hydrogens is 270 g/mol. The lowest BCUT2D eigenvalue weighted by Gasteiger charge is -2.20. The zero-order chi connectivity index (χ0) is 15.8. The second-order valence-corrected chi connectivity index (χ2v) is 5.15. The van der Waals surface area contributed by atoms with Crippen LogP contribution in [0.5, 0.6) is 23.0 Å². The lowest BCUT2D eigenvalue weighted by atomic mass is 9.95. The van der Waals surface area contributed by atoms with Gasteiger partial charge in [0.05, 0.1) is 0 Å². The number of rotatable bonds is 2. The van der Waals surface area contributed by atoms with Crippen LogP contribution in [0.25, 0.3) is 0 Å². The number of carboxylic acids is 1. The Morgan fingerprint density at radius 1 is 0.900 bits per heavy atom. The number of aromatic carboxylic acids is 1. The van der Waals surface area contributed by atoms with Crippen LogP contribution >= 0.6 is 0 Å². The number of benzene rings is 1. The standard InChI is InChI=1S/C12H15NO7/c1-12(2,3)11(20)13-5-4(10(18)19)6(14)8(16)9(17)7(5)15/h14-17H,1-3H3,(H,13,20)(H,18,19). The highest BCUT2D eigenvalue weighted by Crippen LogP contribution is 2.50. The van der Waals surface area contributed by atoms with E-state index in [4.69, 9.17) is 5.11 Å². The third-order valence-corrected chi connectivity index (χ3v) is 2.53. The number of carbonyl (C=O) groups excluding carboxylic acids is 1. The summed E-state index contributed by atoms with van der Waals surface area (Å²) in [7, 11) is 0. The summed E-state index contributed by atoms with van der Waals surface area (Å²) in [4.78, 5) is 22.9. The molecule has 0 saturated heterocycles. The SMILES string of the molecule is CC(C)(C)C(=O)Nc1c(O)c(O)c(O)c(O)c1C(=O)O. The molecule has 6 N–H and O–H groups in total. The fourth-order valence-corrected chi connectivity index (χ4v) is 1.33. The van der Waals surface area contributed by atoms with Gasteiger partial charge in [0.15, 0.2) is 11.5 Å². The van der Waals surface area contributed by atoms with Crippen molar-refractivity contribution >= 4 is 17.6 Å². The highest BCUT2D eigenvalue weighted by molar-refractivity contribution is 6.07. The lowest BCUT2D eigenvalue weighted by Crippen LogP contribution is -2.28. The van der Waals surface area contributed by atoms with Gasteiger partial charge in [-0.15, -0.1) is 0 Å². The quantitative estimate of drug-likeness (QED) is 0.353. The van der Waals surface area contributed by atoms with Crippen molar-refractivity contribution in [1.29, 1.82) is 0 Å². The van der Waals surface area contributed by atoms with Crippen LogP contribution < -0.4 is 5.32 Å². The number of anilines is 1. The fourth-order valence-electron chi connectivity index (χ4n) is 1.33. The first-order chi connectivity index (χ1) is 8.98. The molecule has 0 bridgehead atoms. The molecule has 0 spiro atoms. The van der Waals surface area contributed by atoms with Gasteiger partial charge in [-0.3, -0.25) is 4.79 Å². The fraction of sp³-hybridized carbons (Fsp3) is 0.333. The number of carboxylic acid groups (broad SMARTS) is 1. The molecule has 0 unspecified atom stereocenters. The van der Waals surface area contributed by atoms with E-state index in [1.54, 1.807) is 20.8 Å². The van der Waals surface area contributed by atoms with E-state index in [-0.39, 0.29) is 0 Å². The molecule has 0 radical (unpaired) electrons. The molecule has 8 nitrogen and oxygen atoms in total. The average Bonchev–Trinajstić information content (AvgIpc) is 2.31.